The first-order valence-electron chi connectivity index (χ1n) is 6.94. The first-order chi connectivity index (χ1) is 9.11. The number of thiocarbonyl (C=S) groups is 1. The van der Waals surface area contributed by atoms with Crippen LogP contribution in [0.2, 0.25) is 0 Å². The molecule has 0 bridgehead atoms. The highest BCUT2D eigenvalue weighted by Gasteiger charge is 2.28. The fourth-order valence-corrected chi connectivity index (χ4v) is 2.39. The molecule has 1 aliphatic rings. The Balaban J connectivity index is 2.11. The summed E-state index contributed by atoms with van der Waals surface area (Å²) in [6, 6.07) is 5.54. The Kier molecular flexibility index (Phi) is 4.88. The van der Waals surface area contributed by atoms with Crippen LogP contribution in [0.15, 0.2) is 18.2 Å². The molecule has 4 heteroatoms. The summed E-state index contributed by atoms with van der Waals surface area (Å²) >= 11 is 4.95. The zero-order chi connectivity index (χ0) is 13.8. The molecule has 0 aromatic heterocycles. The fourth-order valence-electron chi connectivity index (χ4n) is 2.26. The van der Waals surface area contributed by atoms with Crippen LogP contribution in [0, 0.1) is 5.82 Å². The van der Waals surface area contributed by atoms with Crippen LogP contribution in [0.5, 0.6) is 0 Å². The summed E-state index contributed by atoms with van der Waals surface area (Å²) in [6.45, 7) is 3.88. The lowest BCUT2D eigenvalue weighted by atomic mass is 10.1. The number of hydrogen-bond donors (Lipinski definition) is 1. The third-order valence-corrected chi connectivity index (χ3v) is 3.80. The largest absolute Gasteiger partial charge is 0.389 e. The van der Waals surface area contributed by atoms with E-state index < -0.39 is 0 Å². The minimum Gasteiger partial charge on any atom is -0.389 e. The van der Waals surface area contributed by atoms with Crippen LogP contribution in [-0.2, 0) is 6.54 Å². The molecule has 0 unspecified atom stereocenters. The molecule has 0 amide bonds. The number of hydrogen-bond acceptors (Lipinski definition) is 2. The van der Waals surface area contributed by atoms with Crippen molar-refractivity contribution < 1.29 is 4.39 Å². The van der Waals surface area contributed by atoms with Crippen LogP contribution in [0.25, 0.3) is 0 Å². The quantitative estimate of drug-likeness (QED) is 0.778. The highest BCUT2D eigenvalue weighted by molar-refractivity contribution is 7.80. The number of nitrogens with two attached hydrogens (primary N) is 1. The normalized spacial score (nSPS) is 14.9. The maximum absolute atomic E-state index is 13.9. The molecule has 0 spiro atoms. The van der Waals surface area contributed by atoms with Gasteiger partial charge < -0.3 is 5.73 Å². The number of unbranched alkanes of at least 4 members (excludes halogenated alkanes) is 1. The van der Waals surface area contributed by atoms with E-state index in [-0.39, 0.29) is 5.82 Å². The van der Waals surface area contributed by atoms with Gasteiger partial charge in [-0.1, -0.05) is 25.6 Å². The van der Waals surface area contributed by atoms with Gasteiger partial charge in [-0.15, -0.1) is 0 Å². The average molecular weight is 280 g/mol. The molecule has 1 aromatic rings. The lowest BCUT2D eigenvalue weighted by molar-refractivity contribution is 0.247. The first-order valence-corrected chi connectivity index (χ1v) is 7.35. The molecule has 1 aliphatic carbocycles. The maximum atomic E-state index is 13.9. The fraction of sp³-hybridized carbons (Fsp3) is 0.533. The van der Waals surface area contributed by atoms with Gasteiger partial charge in [0, 0.05) is 23.7 Å². The Bertz CT molecular complexity index is 457. The van der Waals surface area contributed by atoms with Gasteiger partial charge in [-0.3, -0.25) is 4.90 Å². The van der Waals surface area contributed by atoms with E-state index in [0.29, 0.717) is 23.1 Å². The van der Waals surface area contributed by atoms with E-state index in [9.17, 15) is 4.39 Å². The highest BCUT2D eigenvalue weighted by Crippen LogP contribution is 2.29. The molecule has 2 nitrogen and oxygen atoms in total. The predicted molar refractivity (Wildman–Crippen MR) is 80.6 cm³/mol. The van der Waals surface area contributed by atoms with Crippen molar-refractivity contribution in [1.29, 1.82) is 0 Å². The molecule has 1 aromatic carbocycles. The summed E-state index contributed by atoms with van der Waals surface area (Å²) in [7, 11) is 0. The molecule has 1 saturated carbocycles. The predicted octanol–water partition coefficient (Wildman–Crippen LogP) is 3.22. The van der Waals surface area contributed by atoms with E-state index in [1.807, 2.05) is 0 Å². The Morgan fingerprint density at radius 1 is 1.47 bits per heavy atom. The molecular formula is C15H21FN2S. The van der Waals surface area contributed by atoms with Gasteiger partial charge >= 0.3 is 0 Å². The van der Waals surface area contributed by atoms with Crippen molar-refractivity contribution in [2.45, 2.75) is 45.2 Å². The Hall–Kier alpha value is -1.00. The summed E-state index contributed by atoms with van der Waals surface area (Å²) in [6.07, 6.45) is 4.80. The van der Waals surface area contributed by atoms with Gasteiger partial charge in [-0.2, -0.15) is 0 Å². The molecule has 104 valence electrons. The second-order valence-corrected chi connectivity index (χ2v) is 5.67. The standard InChI is InChI=1S/C15H21FN2S/c1-2-3-8-18(13-5-6-13)10-12-9-11(15(17)19)4-7-14(12)16/h4,7,9,13H,2-3,5-6,8,10H2,1H3,(H2,17,19). The Labute approximate surface area is 119 Å². The second kappa shape index (κ2) is 6.44. The van der Waals surface area contributed by atoms with E-state index >= 15 is 0 Å². The summed E-state index contributed by atoms with van der Waals surface area (Å²) in [5, 5.41) is 0. The monoisotopic (exact) mass is 280 g/mol. The van der Waals surface area contributed by atoms with Gasteiger partial charge in [-0.25, -0.2) is 4.39 Å². The van der Waals surface area contributed by atoms with Crippen LogP contribution in [0.1, 0.15) is 43.7 Å². The van der Waals surface area contributed by atoms with Crippen LogP contribution in [-0.4, -0.2) is 22.5 Å². The summed E-state index contributed by atoms with van der Waals surface area (Å²) in [5.74, 6) is -0.165. The van der Waals surface area contributed by atoms with Gasteiger partial charge in [0.1, 0.15) is 10.8 Å². The van der Waals surface area contributed by atoms with Gasteiger partial charge in [0.15, 0.2) is 0 Å². The van der Waals surface area contributed by atoms with Crippen molar-refractivity contribution >= 4 is 17.2 Å². The van der Waals surface area contributed by atoms with E-state index in [2.05, 4.69) is 11.8 Å². The lowest BCUT2D eigenvalue weighted by Gasteiger charge is -2.22. The van der Waals surface area contributed by atoms with Gasteiger partial charge in [0.05, 0.1) is 0 Å². The van der Waals surface area contributed by atoms with E-state index in [1.165, 1.54) is 25.3 Å². The average Bonchev–Trinajstić information content (AvgIpc) is 3.20. The minimum atomic E-state index is -0.165. The molecule has 19 heavy (non-hydrogen) atoms. The van der Waals surface area contributed by atoms with Crippen molar-refractivity contribution in [2.24, 2.45) is 5.73 Å². The molecule has 1 fully saturated rings. The number of nitrogens with zero attached hydrogens (tertiary/aromatic N) is 1. The molecule has 2 N–H and O–H groups in total. The molecule has 0 radical (unpaired) electrons. The Morgan fingerprint density at radius 2 is 2.21 bits per heavy atom. The summed E-state index contributed by atoms with van der Waals surface area (Å²) < 4.78 is 13.9. The molecule has 0 saturated heterocycles. The third kappa shape index (κ3) is 3.98. The van der Waals surface area contributed by atoms with E-state index in [0.717, 1.165) is 18.5 Å². The summed E-state index contributed by atoms with van der Waals surface area (Å²) in [4.78, 5) is 2.71. The van der Waals surface area contributed by atoms with Gasteiger partial charge in [0.25, 0.3) is 0 Å². The molecule has 0 aliphatic heterocycles. The zero-order valence-electron chi connectivity index (χ0n) is 11.4. The minimum absolute atomic E-state index is 0.165. The van der Waals surface area contributed by atoms with Crippen LogP contribution in [0.3, 0.4) is 0 Å². The number of halogens is 1. The molecule has 0 heterocycles. The molecule has 0 atom stereocenters. The van der Waals surface area contributed by atoms with Gasteiger partial charge in [-0.05, 0) is 44.0 Å². The SMILES string of the molecule is CCCCN(Cc1cc(C(N)=S)ccc1F)C1CC1. The van der Waals surface area contributed by atoms with Crippen LogP contribution in [0.4, 0.5) is 4.39 Å². The maximum Gasteiger partial charge on any atom is 0.127 e. The van der Waals surface area contributed by atoms with E-state index in [1.54, 1.807) is 12.1 Å². The van der Waals surface area contributed by atoms with Crippen molar-refractivity contribution in [3.63, 3.8) is 0 Å². The topological polar surface area (TPSA) is 29.3 Å². The lowest BCUT2D eigenvalue weighted by Crippen LogP contribution is -2.27. The van der Waals surface area contributed by atoms with Crippen LogP contribution < -0.4 is 5.73 Å². The number of rotatable bonds is 7. The smallest absolute Gasteiger partial charge is 0.127 e. The van der Waals surface area contributed by atoms with Gasteiger partial charge in [0.2, 0.25) is 0 Å². The Morgan fingerprint density at radius 3 is 2.79 bits per heavy atom. The second-order valence-electron chi connectivity index (χ2n) is 5.23. The highest BCUT2D eigenvalue weighted by atomic mass is 32.1. The first kappa shape index (κ1) is 14.4. The van der Waals surface area contributed by atoms with Crippen LogP contribution >= 0.6 is 12.2 Å². The zero-order valence-corrected chi connectivity index (χ0v) is 12.2. The van der Waals surface area contributed by atoms with Crippen molar-refractivity contribution in [1.82, 2.24) is 4.90 Å². The third-order valence-electron chi connectivity index (χ3n) is 3.57. The van der Waals surface area contributed by atoms with Crippen molar-refractivity contribution in [3.8, 4) is 0 Å². The molecular weight excluding hydrogens is 259 g/mol. The molecule has 2 rings (SSSR count). The van der Waals surface area contributed by atoms with Crippen molar-refractivity contribution in [2.75, 3.05) is 6.54 Å². The number of benzene rings is 1. The van der Waals surface area contributed by atoms with E-state index in [4.69, 9.17) is 18.0 Å². The van der Waals surface area contributed by atoms with Crippen molar-refractivity contribution in [3.05, 3.63) is 35.1 Å². The summed E-state index contributed by atoms with van der Waals surface area (Å²) in [5.41, 5.74) is 7.06.